The van der Waals surface area contributed by atoms with Gasteiger partial charge in [-0.2, -0.15) is 8.42 Å². The fourth-order valence-corrected chi connectivity index (χ4v) is 3.83. The Kier molecular flexibility index (Phi) is 6.64. The van der Waals surface area contributed by atoms with Crippen LogP contribution >= 0.6 is 0 Å². The summed E-state index contributed by atoms with van der Waals surface area (Å²) in [5.74, 6) is 0. The van der Waals surface area contributed by atoms with Gasteiger partial charge in [0, 0.05) is 5.39 Å². The number of rotatable bonds is 1. The molecular formula is C17H12O9S3. The minimum Gasteiger partial charge on any atom is -0.282 e. The fourth-order valence-electron chi connectivity index (χ4n) is 3.15. The van der Waals surface area contributed by atoms with Crippen LogP contribution in [0.15, 0.2) is 53.4 Å². The van der Waals surface area contributed by atoms with E-state index in [1.807, 2.05) is 31.2 Å². The smallest absolute Gasteiger partial charge is 0.282 e. The molecule has 152 valence electrons. The maximum atomic E-state index is 11.6. The van der Waals surface area contributed by atoms with Crippen LogP contribution in [0.4, 0.5) is 0 Å². The zero-order valence-corrected chi connectivity index (χ0v) is 17.0. The Hall–Kier alpha value is -2.93. The predicted octanol–water partition coefficient (Wildman–Crippen LogP) is 2.13. The molecule has 0 aliphatic heterocycles. The van der Waals surface area contributed by atoms with Crippen molar-refractivity contribution in [2.75, 3.05) is 0 Å². The van der Waals surface area contributed by atoms with E-state index in [0.717, 1.165) is 32.5 Å². The molecule has 4 rings (SSSR count). The van der Waals surface area contributed by atoms with E-state index in [9.17, 15) is 13.0 Å². The van der Waals surface area contributed by atoms with Gasteiger partial charge in [-0.3, -0.25) is 4.55 Å². The first-order valence-electron chi connectivity index (χ1n) is 7.61. The highest BCUT2D eigenvalue weighted by Crippen LogP contribution is 2.38. The Morgan fingerprint density at radius 2 is 1.03 bits per heavy atom. The Bertz CT molecular complexity index is 1500. The first-order valence-corrected chi connectivity index (χ1v) is 11.1. The lowest BCUT2D eigenvalue weighted by Gasteiger charge is -2.13. The van der Waals surface area contributed by atoms with E-state index in [1.165, 1.54) is 6.07 Å². The molecule has 0 spiro atoms. The van der Waals surface area contributed by atoms with Gasteiger partial charge in [-0.15, -0.1) is 25.3 Å². The highest BCUT2D eigenvalue weighted by atomic mass is 32.2. The van der Waals surface area contributed by atoms with Crippen LogP contribution in [-0.2, 0) is 31.3 Å². The first-order chi connectivity index (χ1) is 13.4. The summed E-state index contributed by atoms with van der Waals surface area (Å²) in [6.45, 7) is 2.04. The molecule has 0 saturated heterocycles. The standard InChI is InChI=1S/C17H12O3S.2O3S/c1-10-2-3-11-4-5-12-6-9-15(21(18,19)20)14-8-7-13(10)16(11)17(12)14;2*1-4(2)3/h2-9H,1H3,(H,18,19,20);;. The maximum absolute atomic E-state index is 11.6. The molecule has 0 aliphatic carbocycles. The maximum Gasteiger partial charge on any atom is 0.425 e. The zero-order valence-electron chi connectivity index (χ0n) is 14.6. The summed E-state index contributed by atoms with van der Waals surface area (Å²) in [5, 5.41) is 5.67. The van der Waals surface area contributed by atoms with Crippen LogP contribution in [0.3, 0.4) is 0 Å². The van der Waals surface area contributed by atoms with Crippen LogP contribution in [0, 0.1) is 6.92 Å². The van der Waals surface area contributed by atoms with E-state index < -0.39 is 31.3 Å². The number of hydrogen-bond acceptors (Lipinski definition) is 8. The second kappa shape index (κ2) is 8.61. The number of benzene rings is 4. The van der Waals surface area contributed by atoms with Gasteiger partial charge in [0.15, 0.2) is 0 Å². The average Bonchev–Trinajstić information content (AvgIpc) is 2.59. The fraction of sp³-hybridized carbons (Fsp3) is 0.0588. The van der Waals surface area contributed by atoms with E-state index in [-0.39, 0.29) is 4.90 Å². The quantitative estimate of drug-likeness (QED) is 0.335. The van der Waals surface area contributed by atoms with E-state index in [1.54, 1.807) is 12.1 Å². The molecule has 0 radical (unpaired) electrons. The number of aryl methyl sites for hydroxylation is 1. The van der Waals surface area contributed by atoms with Crippen molar-refractivity contribution >= 4 is 63.7 Å². The molecule has 0 aromatic heterocycles. The molecule has 0 fully saturated rings. The lowest BCUT2D eigenvalue weighted by molar-refractivity contribution is 0.484. The summed E-state index contributed by atoms with van der Waals surface area (Å²) in [4.78, 5) is -0.0362. The van der Waals surface area contributed by atoms with Crippen molar-refractivity contribution in [1.82, 2.24) is 0 Å². The monoisotopic (exact) mass is 456 g/mol. The summed E-state index contributed by atoms with van der Waals surface area (Å²) >= 11 is 0. The highest BCUT2D eigenvalue weighted by Gasteiger charge is 2.17. The highest BCUT2D eigenvalue weighted by molar-refractivity contribution is 7.86. The van der Waals surface area contributed by atoms with Crippen LogP contribution < -0.4 is 0 Å². The molecule has 4 aromatic carbocycles. The molecule has 0 bridgehead atoms. The Morgan fingerprint density at radius 1 is 0.655 bits per heavy atom. The van der Waals surface area contributed by atoms with Gasteiger partial charge in [-0.05, 0) is 45.5 Å². The van der Waals surface area contributed by atoms with Crippen molar-refractivity contribution in [2.45, 2.75) is 11.8 Å². The van der Waals surface area contributed by atoms with Crippen LogP contribution in [0.2, 0.25) is 0 Å². The van der Waals surface area contributed by atoms with Crippen molar-refractivity contribution in [2.24, 2.45) is 0 Å². The van der Waals surface area contributed by atoms with E-state index in [0.29, 0.717) is 5.39 Å². The third kappa shape index (κ3) is 5.12. The van der Waals surface area contributed by atoms with E-state index in [4.69, 9.17) is 25.3 Å². The molecule has 4 aromatic rings. The zero-order chi connectivity index (χ0) is 21.9. The molecule has 0 aliphatic rings. The van der Waals surface area contributed by atoms with E-state index in [2.05, 4.69) is 6.07 Å². The molecule has 0 unspecified atom stereocenters. The van der Waals surface area contributed by atoms with Crippen LogP contribution in [0.1, 0.15) is 5.56 Å². The predicted molar refractivity (Wildman–Crippen MR) is 104 cm³/mol. The largest absolute Gasteiger partial charge is 0.425 e. The lowest BCUT2D eigenvalue weighted by Crippen LogP contribution is -1.99. The topological polar surface area (TPSA) is 157 Å². The molecule has 0 heterocycles. The summed E-state index contributed by atoms with van der Waals surface area (Å²) in [7, 11) is -10.5. The molecule has 0 atom stereocenters. The Balaban J connectivity index is 0.000000324. The summed E-state index contributed by atoms with van der Waals surface area (Å²) in [6, 6.07) is 15.0. The van der Waals surface area contributed by atoms with Crippen molar-refractivity contribution in [3.8, 4) is 0 Å². The average molecular weight is 456 g/mol. The first kappa shape index (κ1) is 22.4. The summed E-state index contributed by atoms with van der Waals surface area (Å²) in [5.41, 5.74) is 1.15. The third-order valence-electron chi connectivity index (χ3n) is 4.12. The van der Waals surface area contributed by atoms with E-state index >= 15 is 0 Å². The normalized spacial score (nSPS) is 10.8. The molecule has 0 saturated carbocycles. The van der Waals surface area contributed by atoms with Gasteiger partial charge < -0.3 is 0 Å². The number of hydrogen-bond donors (Lipinski definition) is 1. The Labute approximate surface area is 167 Å². The van der Waals surface area contributed by atoms with Crippen molar-refractivity contribution < 1.29 is 38.2 Å². The van der Waals surface area contributed by atoms with Crippen molar-refractivity contribution in [3.05, 3.63) is 54.1 Å². The van der Waals surface area contributed by atoms with Crippen LogP contribution in [-0.4, -0.2) is 38.2 Å². The Morgan fingerprint density at radius 3 is 1.52 bits per heavy atom. The van der Waals surface area contributed by atoms with Crippen LogP contribution in [0.25, 0.3) is 32.3 Å². The third-order valence-corrected chi connectivity index (χ3v) is 5.03. The van der Waals surface area contributed by atoms with Gasteiger partial charge in [-0.25, -0.2) is 0 Å². The van der Waals surface area contributed by atoms with Crippen LogP contribution in [0.5, 0.6) is 0 Å². The van der Waals surface area contributed by atoms with Crippen molar-refractivity contribution in [3.63, 3.8) is 0 Å². The molecular weight excluding hydrogens is 444 g/mol. The lowest BCUT2D eigenvalue weighted by atomic mass is 9.92. The van der Waals surface area contributed by atoms with Crippen molar-refractivity contribution in [1.29, 1.82) is 0 Å². The van der Waals surface area contributed by atoms with Gasteiger partial charge in [-0.1, -0.05) is 42.5 Å². The minimum atomic E-state index is -4.24. The molecule has 1 N–H and O–H groups in total. The van der Waals surface area contributed by atoms with Gasteiger partial charge in [0.2, 0.25) is 0 Å². The summed E-state index contributed by atoms with van der Waals surface area (Å²) < 4.78 is 83.3. The van der Waals surface area contributed by atoms with Gasteiger partial charge in [0.25, 0.3) is 10.1 Å². The SMILES string of the molecule is Cc1ccc2ccc3ccc(S(=O)(=O)O)c4ccc1c2c34.O=S(=O)=O.O=S(=O)=O. The van der Waals surface area contributed by atoms with Gasteiger partial charge in [0.1, 0.15) is 4.90 Å². The summed E-state index contributed by atoms with van der Waals surface area (Å²) in [6.07, 6.45) is 0. The van der Waals surface area contributed by atoms with Gasteiger partial charge in [0.05, 0.1) is 0 Å². The molecule has 9 nitrogen and oxygen atoms in total. The second-order valence-corrected chi connectivity index (χ2v) is 7.96. The molecule has 29 heavy (non-hydrogen) atoms. The molecule has 12 heteroatoms. The molecule has 0 amide bonds. The second-order valence-electron chi connectivity index (χ2n) is 5.75. The van der Waals surface area contributed by atoms with Gasteiger partial charge >= 0.3 is 21.2 Å². The minimum absolute atomic E-state index is 0.0362.